The lowest BCUT2D eigenvalue weighted by molar-refractivity contribution is -0.115. The Kier molecular flexibility index (Phi) is 4.60. The van der Waals surface area contributed by atoms with Gasteiger partial charge in [0.15, 0.2) is 11.0 Å². The second-order valence-corrected chi connectivity index (χ2v) is 7.64. The number of carbonyl (C=O) groups is 1. The molecule has 0 saturated heterocycles. The van der Waals surface area contributed by atoms with Crippen molar-refractivity contribution in [1.82, 2.24) is 24.6 Å². The third-order valence-electron chi connectivity index (χ3n) is 4.14. The third-order valence-corrected chi connectivity index (χ3v) is 5.03. The van der Waals surface area contributed by atoms with Crippen LogP contribution in [0.25, 0.3) is 17.0 Å². The van der Waals surface area contributed by atoms with E-state index in [0.717, 1.165) is 27.5 Å². The number of anilines is 1. The molecule has 3 aromatic heterocycles. The summed E-state index contributed by atoms with van der Waals surface area (Å²) in [6, 6.07) is 8.01. The maximum atomic E-state index is 13.1. The largest absolute Gasteiger partial charge is 0.302 e. The molecule has 0 saturated carbocycles. The standard InChI is InChI=1S/C19H17FN6OS/c1-10-8-11(2)26-18(21-10)22-15(25-26)9-16(27)23-19-24-17(12(3)28-19)13-4-6-14(20)7-5-13/h4-8H,9H2,1-3H3,(H,23,24,27). The molecule has 0 fully saturated rings. The van der Waals surface area contributed by atoms with Gasteiger partial charge in [-0.05, 0) is 51.1 Å². The van der Waals surface area contributed by atoms with Crippen LogP contribution < -0.4 is 5.32 Å². The summed E-state index contributed by atoms with van der Waals surface area (Å²) in [5.41, 5.74) is 3.28. The Morgan fingerprint density at radius 2 is 1.89 bits per heavy atom. The van der Waals surface area contributed by atoms with Gasteiger partial charge in [0.1, 0.15) is 5.82 Å². The number of nitrogens with zero attached hydrogens (tertiary/aromatic N) is 5. The van der Waals surface area contributed by atoms with Crippen LogP contribution in [0, 0.1) is 26.6 Å². The van der Waals surface area contributed by atoms with E-state index in [1.807, 2.05) is 26.8 Å². The topological polar surface area (TPSA) is 85.1 Å². The molecule has 0 spiro atoms. The second kappa shape index (κ2) is 7.08. The molecule has 4 aromatic rings. The van der Waals surface area contributed by atoms with E-state index in [2.05, 4.69) is 25.4 Å². The van der Waals surface area contributed by atoms with Crippen LogP contribution in [-0.2, 0) is 11.2 Å². The molecular formula is C19H17FN6OS. The highest BCUT2D eigenvalue weighted by molar-refractivity contribution is 7.16. The third kappa shape index (κ3) is 3.61. The van der Waals surface area contributed by atoms with Crippen LogP contribution in [0.4, 0.5) is 9.52 Å². The minimum Gasteiger partial charge on any atom is -0.302 e. The average molecular weight is 396 g/mol. The molecule has 1 amide bonds. The number of hydrogen-bond acceptors (Lipinski definition) is 6. The number of thiazole rings is 1. The molecule has 0 unspecified atom stereocenters. The molecule has 0 radical (unpaired) electrons. The molecule has 0 aliphatic carbocycles. The molecule has 0 bridgehead atoms. The SMILES string of the molecule is Cc1cc(C)n2nc(CC(=O)Nc3nc(-c4ccc(F)cc4)c(C)s3)nc2n1. The molecule has 142 valence electrons. The zero-order valence-electron chi connectivity index (χ0n) is 15.5. The van der Waals surface area contributed by atoms with Crippen molar-refractivity contribution in [2.45, 2.75) is 27.2 Å². The number of benzene rings is 1. The van der Waals surface area contributed by atoms with Crippen LogP contribution in [0.3, 0.4) is 0 Å². The van der Waals surface area contributed by atoms with Crippen molar-refractivity contribution >= 4 is 28.2 Å². The van der Waals surface area contributed by atoms with Crippen LogP contribution >= 0.6 is 11.3 Å². The van der Waals surface area contributed by atoms with Crippen molar-refractivity contribution < 1.29 is 9.18 Å². The van der Waals surface area contributed by atoms with Crippen LogP contribution in [0.2, 0.25) is 0 Å². The maximum Gasteiger partial charge on any atom is 0.252 e. The molecule has 3 heterocycles. The van der Waals surface area contributed by atoms with Gasteiger partial charge in [-0.3, -0.25) is 4.79 Å². The zero-order chi connectivity index (χ0) is 19.8. The van der Waals surface area contributed by atoms with Crippen molar-refractivity contribution in [1.29, 1.82) is 0 Å². The average Bonchev–Trinajstić information content (AvgIpc) is 3.18. The van der Waals surface area contributed by atoms with Crippen LogP contribution in [0.5, 0.6) is 0 Å². The second-order valence-electron chi connectivity index (χ2n) is 6.43. The number of nitrogens with one attached hydrogen (secondary N) is 1. The number of halogens is 1. The summed E-state index contributed by atoms with van der Waals surface area (Å²) >= 11 is 1.37. The van der Waals surface area contributed by atoms with Crippen molar-refractivity contribution in [2.75, 3.05) is 5.32 Å². The van der Waals surface area contributed by atoms with E-state index in [1.165, 1.54) is 23.5 Å². The first-order valence-electron chi connectivity index (χ1n) is 8.62. The molecular weight excluding hydrogens is 379 g/mol. The molecule has 9 heteroatoms. The van der Waals surface area contributed by atoms with Crippen molar-refractivity contribution in [3.63, 3.8) is 0 Å². The van der Waals surface area contributed by atoms with E-state index in [1.54, 1.807) is 16.6 Å². The number of fused-ring (bicyclic) bond motifs is 1. The van der Waals surface area contributed by atoms with E-state index in [4.69, 9.17) is 0 Å². The Balaban J connectivity index is 1.50. The normalized spacial score (nSPS) is 11.1. The molecule has 1 N–H and O–H groups in total. The number of rotatable bonds is 4. The van der Waals surface area contributed by atoms with Crippen LogP contribution in [-0.4, -0.2) is 30.5 Å². The summed E-state index contributed by atoms with van der Waals surface area (Å²) in [6.45, 7) is 5.71. The summed E-state index contributed by atoms with van der Waals surface area (Å²) in [6.07, 6.45) is 0.0202. The van der Waals surface area contributed by atoms with E-state index < -0.39 is 0 Å². The lowest BCUT2D eigenvalue weighted by Gasteiger charge is -1.99. The van der Waals surface area contributed by atoms with E-state index in [-0.39, 0.29) is 18.1 Å². The zero-order valence-corrected chi connectivity index (χ0v) is 16.3. The van der Waals surface area contributed by atoms with Crippen molar-refractivity contribution in [3.05, 3.63) is 58.2 Å². The Hall–Kier alpha value is -3.20. The van der Waals surface area contributed by atoms with Gasteiger partial charge in [-0.1, -0.05) is 0 Å². The number of amides is 1. The van der Waals surface area contributed by atoms with E-state index in [9.17, 15) is 9.18 Å². The Labute approximate surface area is 164 Å². The van der Waals surface area contributed by atoms with Gasteiger partial charge in [-0.25, -0.2) is 18.9 Å². The highest BCUT2D eigenvalue weighted by atomic mass is 32.1. The summed E-state index contributed by atoms with van der Waals surface area (Å²) in [5.74, 6) is 0.310. The lowest BCUT2D eigenvalue weighted by Crippen LogP contribution is -2.15. The number of hydrogen-bond donors (Lipinski definition) is 1. The van der Waals surface area contributed by atoms with Gasteiger partial charge >= 0.3 is 0 Å². The molecule has 0 aliphatic heterocycles. The predicted octanol–water partition coefficient (Wildman–Crippen LogP) is 3.49. The van der Waals surface area contributed by atoms with Crippen molar-refractivity contribution in [3.8, 4) is 11.3 Å². The predicted molar refractivity (Wildman–Crippen MR) is 105 cm³/mol. The number of aromatic nitrogens is 5. The Morgan fingerprint density at radius 3 is 2.64 bits per heavy atom. The van der Waals surface area contributed by atoms with Gasteiger partial charge in [-0.2, -0.15) is 4.98 Å². The highest BCUT2D eigenvalue weighted by Gasteiger charge is 2.15. The quantitative estimate of drug-likeness (QED) is 0.571. The molecule has 4 rings (SSSR count). The monoisotopic (exact) mass is 396 g/mol. The van der Waals surface area contributed by atoms with Gasteiger partial charge in [0.2, 0.25) is 5.91 Å². The molecule has 0 aliphatic rings. The summed E-state index contributed by atoms with van der Waals surface area (Å²) in [7, 11) is 0. The van der Waals surface area contributed by atoms with Gasteiger partial charge in [-0.15, -0.1) is 16.4 Å². The molecule has 0 atom stereocenters. The van der Waals surface area contributed by atoms with E-state index in [0.29, 0.717) is 16.7 Å². The smallest absolute Gasteiger partial charge is 0.252 e. The first-order valence-corrected chi connectivity index (χ1v) is 9.44. The van der Waals surface area contributed by atoms with Gasteiger partial charge in [0.25, 0.3) is 5.78 Å². The summed E-state index contributed by atoms with van der Waals surface area (Å²) in [4.78, 5) is 26.5. The Bertz CT molecular complexity index is 1180. The van der Waals surface area contributed by atoms with E-state index >= 15 is 0 Å². The molecule has 7 nitrogen and oxygen atoms in total. The Morgan fingerprint density at radius 1 is 1.14 bits per heavy atom. The first-order chi connectivity index (χ1) is 13.4. The lowest BCUT2D eigenvalue weighted by atomic mass is 10.1. The fourth-order valence-electron chi connectivity index (χ4n) is 2.92. The fraction of sp³-hybridized carbons (Fsp3) is 0.211. The number of carbonyl (C=O) groups excluding carboxylic acids is 1. The fourth-order valence-corrected chi connectivity index (χ4v) is 3.77. The van der Waals surface area contributed by atoms with Gasteiger partial charge < -0.3 is 5.32 Å². The van der Waals surface area contributed by atoms with Crippen LogP contribution in [0.15, 0.2) is 30.3 Å². The summed E-state index contributed by atoms with van der Waals surface area (Å²) in [5, 5.41) is 7.61. The first kappa shape index (κ1) is 18.2. The summed E-state index contributed by atoms with van der Waals surface area (Å²) < 4.78 is 14.7. The highest BCUT2D eigenvalue weighted by Crippen LogP contribution is 2.30. The molecule has 28 heavy (non-hydrogen) atoms. The molecule has 1 aromatic carbocycles. The minimum atomic E-state index is -0.301. The van der Waals surface area contributed by atoms with Gasteiger partial charge in [0, 0.05) is 21.8 Å². The van der Waals surface area contributed by atoms with Crippen molar-refractivity contribution in [2.24, 2.45) is 0 Å². The maximum absolute atomic E-state index is 13.1. The van der Waals surface area contributed by atoms with Crippen LogP contribution in [0.1, 0.15) is 22.1 Å². The number of aryl methyl sites for hydroxylation is 3. The minimum absolute atomic E-state index is 0.0202. The van der Waals surface area contributed by atoms with Gasteiger partial charge in [0.05, 0.1) is 12.1 Å².